The largest absolute Gasteiger partial charge is 0.441 e. The molecule has 6 nitrogen and oxygen atoms in total. The Morgan fingerprint density at radius 1 is 1.33 bits per heavy atom. The van der Waals surface area contributed by atoms with Gasteiger partial charge in [-0.1, -0.05) is 18.2 Å². The lowest BCUT2D eigenvalue weighted by Crippen LogP contribution is -2.35. The molecule has 24 heavy (non-hydrogen) atoms. The van der Waals surface area contributed by atoms with Crippen LogP contribution in [0.25, 0.3) is 11.5 Å². The third kappa shape index (κ3) is 4.03. The molecule has 0 radical (unpaired) electrons. The lowest BCUT2D eigenvalue weighted by atomic mass is 10.2. The molecule has 2 aromatic rings. The van der Waals surface area contributed by atoms with Gasteiger partial charge in [-0.3, -0.25) is 4.79 Å². The lowest BCUT2D eigenvalue weighted by Gasteiger charge is -2.10. The third-order valence-corrected chi connectivity index (χ3v) is 5.87. The van der Waals surface area contributed by atoms with Crippen molar-refractivity contribution >= 4 is 15.7 Å². The fraction of sp³-hybridized carbons (Fsp3) is 0.412. The Kier molecular flexibility index (Phi) is 4.71. The summed E-state index contributed by atoms with van der Waals surface area (Å²) < 4.78 is 28.5. The fourth-order valence-electron chi connectivity index (χ4n) is 2.80. The molecule has 1 aromatic heterocycles. The quantitative estimate of drug-likeness (QED) is 0.891. The molecule has 0 bridgehead atoms. The minimum absolute atomic E-state index is 0.0416. The van der Waals surface area contributed by atoms with Crippen LogP contribution in [-0.2, 0) is 21.1 Å². The number of nitrogens with one attached hydrogen (secondary N) is 1. The Bertz CT molecular complexity index is 828. The smallest absolute Gasteiger partial charge is 0.226 e. The number of aryl methyl sites for hydroxylation is 2. The van der Waals surface area contributed by atoms with Crippen molar-refractivity contribution in [1.29, 1.82) is 0 Å². The van der Waals surface area contributed by atoms with Crippen molar-refractivity contribution < 1.29 is 17.6 Å². The minimum atomic E-state index is -2.98. The van der Waals surface area contributed by atoms with Crippen molar-refractivity contribution in [3.05, 3.63) is 41.8 Å². The first-order valence-corrected chi connectivity index (χ1v) is 9.76. The van der Waals surface area contributed by atoms with Gasteiger partial charge in [0.1, 0.15) is 5.76 Å². The molecule has 1 aliphatic heterocycles. The predicted octanol–water partition coefficient (Wildman–Crippen LogP) is 1.89. The zero-order chi connectivity index (χ0) is 17.2. The van der Waals surface area contributed by atoms with E-state index in [-0.39, 0.29) is 29.9 Å². The molecule has 1 aromatic carbocycles. The summed E-state index contributed by atoms with van der Waals surface area (Å²) in [6, 6.07) is 9.33. The molecule has 1 atom stereocenters. The highest BCUT2D eigenvalue weighted by molar-refractivity contribution is 7.91. The zero-order valence-corrected chi connectivity index (χ0v) is 14.3. The van der Waals surface area contributed by atoms with Crippen molar-refractivity contribution in [2.75, 3.05) is 11.5 Å². The van der Waals surface area contributed by atoms with Gasteiger partial charge < -0.3 is 9.73 Å². The molecule has 1 N–H and O–H groups in total. The third-order valence-electron chi connectivity index (χ3n) is 4.10. The number of amides is 1. The zero-order valence-electron chi connectivity index (χ0n) is 13.5. The standard InChI is InChI=1S/C17H20N2O4S/c1-12-15(19-17(23-12)13-5-3-2-4-6-13)7-8-16(20)18-14-9-10-24(21,22)11-14/h2-6,14H,7-11H2,1H3,(H,18,20). The van der Waals surface area contributed by atoms with Gasteiger partial charge in [-0.05, 0) is 25.5 Å². The Morgan fingerprint density at radius 3 is 2.75 bits per heavy atom. The first-order chi connectivity index (χ1) is 11.4. The number of aromatic nitrogens is 1. The fourth-order valence-corrected chi connectivity index (χ4v) is 4.48. The molecule has 0 aliphatic carbocycles. The van der Waals surface area contributed by atoms with Crippen molar-refractivity contribution in [1.82, 2.24) is 10.3 Å². The van der Waals surface area contributed by atoms with Crippen LogP contribution in [0.5, 0.6) is 0 Å². The number of hydrogen-bond donors (Lipinski definition) is 1. The van der Waals surface area contributed by atoms with E-state index in [0.717, 1.165) is 11.3 Å². The second-order valence-electron chi connectivity index (χ2n) is 6.06. The van der Waals surface area contributed by atoms with E-state index < -0.39 is 9.84 Å². The lowest BCUT2D eigenvalue weighted by molar-refractivity contribution is -0.121. The van der Waals surface area contributed by atoms with E-state index in [1.54, 1.807) is 0 Å². The van der Waals surface area contributed by atoms with Gasteiger partial charge in [0, 0.05) is 24.4 Å². The van der Waals surface area contributed by atoms with Crippen LogP contribution in [0.3, 0.4) is 0 Å². The van der Waals surface area contributed by atoms with Gasteiger partial charge in [0.15, 0.2) is 9.84 Å². The van der Waals surface area contributed by atoms with Crippen molar-refractivity contribution in [3.63, 3.8) is 0 Å². The van der Waals surface area contributed by atoms with Crippen LogP contribution in [0.1, 0.15) is 24.3 Å². The van der Waals surface area contributed by atoms with Gasteiger partial charge in [-0.25, -0.2) is 13.4 Å². The molecule has 3 rings (SSSR count). The number of carbonyl (C=O) groups is 1. The SMILES string of the molecule is Cc1oc(-c2ccccc2)nc1CCC(=O)NC1CCS(=O)(=O)C1. The summed E-state index contributed by atoms with van der Waals surface area (Å²) in [5.41, 5.74) is 1.65. The van der Waals surface area contributed by atoms with E-state index in [2.05, 4.69) is 10.3 Å². The topological polar surface area (TPSA) is 89.3 Å². The summed E-state index contributed by atoms with van der Waals surface area (Å²) >= 11 is 0. The predicted molar refractivity (Wildman–Crippen MR) is 90.2 cm³/mol. The van der Waals surface area contributed by atoms with Gasteiger partial charge in [-0.15, -0.1) is 0 Å². The summed E-state index contributed by atoms with van der Waals surface area (Å²) in [6.45, 7) is 1.83. The van der Waals surface area contributed by atoms with Crippen LogP contribution in [-0.4, -0.2) is 36.9 Å². The highest BCUT2D eigenvalue weighted by Crippen LogP contribution is 2.22. The van der Waals surface area contributed by atoms with Crippen molar-refractivity contribution in [2.24, 2.45) is 0 Å². The molecule has 1 fully saturated rings. The van der Waals surface area contributed by atoms with E-state index in [1.807, 2.05) is 37.3 Å². The number of oxazole rings is 1. The van der Waals surface area contributed by atoms with Crippen LogP contribution in [0.4, 0.5) is 0 Å². The number of carbonyl (C=O) groups excluding carboxylic acids is 1. The molecule has 1 amide bonds. The first-order valence-electron chi connectivity index (χ1n) is 7.94. The van der Waals surface area contributed by atoms with Crippen LogP contribution in [0.2, 0.25) is 0 Å². The molecule has 1 aliphatic rings. The van der Waals surface area contributed by atoms with E-state index in [1.165, 1.54) is 0 Å². The number of nitrogens with zero attached hydrogens (tertiary/aromatic N) is 1. The average molecular weight is 348 g/mol. The summed E-state index contributed by atoms with van der Waals surface area (Å²) in [4.78, 5) is 16.5. The normalized spacial score (nSPS) is 19.3. The molecule has 128 valence electrons. The highest BCUT2D eigenvalue weighted by Gasteiger charge is 2.28. The summed E-state index contributed by atoms with van der Waals surface area (Å²) in [7, 11) is -2.98. The van der Waals surface area contributed by atoms with Gasteiger partial charge in [0.05, 0.1) is 17.2 Å². The number of benzene rings is 1. The summed E-state index contributed by atoms with van der Waals surface area (Å²) in [5, 5.41) is 2.79. The maximum atomic E-state index is 12.0. The van der Waals surface area contributed by atoms with Gasteiger partial charge >= 0.3 is 0 Å². The summed E-state index contributed by atoms with van der Waals surface area (Å²) in [5.74, 6) is 1.29. The minimum Gasteiger partial charge on any atom is -0.441 e. The van der Waals surface area contributed by atoms with Crippen LogP contribution in [0, 0.1) is 6.92 Å². The van der Waals surface area contributed by atoms with E-state index >= 15 is 0 Å². The molecule has 1 unspecified atom stereocenters. The average Bonchev–Trinajstić information content (AvgIpc) is 3.08. The molecule has 2 heterocycles. The first kappa shape index (κ1) is 16.7. The van der Waals surface area contributed by atoms with E-state index in [4.69, 9.17) is 4.42 Å². The molecule has 0 spiro atoms. The Hall–Kier alpha value is -2.15. The van der Waals surface area contributed by atoms with Gasteiger partial charge in [0.2, 0.25) is 11.8 Å². The maximum absolute atomic E-state index is 12.0. The Labute approximate surface area is 141 Å². The second-order valence-corrected chi connectivity index (χ2v) is 8.28. The van der Waals surface area contributed by atoms with E-state index in [0.29, 0.717) is 24.5 Å². The molecule has 0 saturated carbocycles. The van der Waals surface area contributed by atoms with Crippen LogP contribution < -0.4 is 5.32 Å². The number of sulfone groups is 1. The Balaban J connectivity index is 1.57. The van der Waals surface area contributed by atoms with Crippen molar-refractivity contribution in [2.45, 2.75) is 32.2 Å². The van der Waals surface area contributed by atoms with Crippen LogP contribution in [0.15, 0.2) is 34.7 Å². The molecule has 1 saturated heterocycles. The highest BCUT2D eigenvalue weighted by atomic mass is 32.2. The van der Waals surface area contributed by atoms with Gasteiger partial charge in [0.25, 0.3) is 0 Å². The monoisotopic (exact) mass is 348 g/mol. The second kappa shape index (κ2) is 6.76. The van der Waals surface area contributed by atoms with E-state index in [9.17, 15) is 13.2 Å². The maximum Gasteiger partial charge on any atom is 0.226 e. The van der Waals surface area contributed by atoms with Gasteiger partial charge in [-0.2, -0.15) is 0 Å². The molecule has 7 heteroatoms. The summed E-state index contributed by atoms with van der Waals surface area (Å²) in [6.07, 6.45) is 1.22. The molecular formula is C17H20N2O4S. The molecular weight excluding hydrogens is 328 g/mol. The number of rotatable bonds is 5. The number of hydrogen-bond acceptors (Lipinski definition) is 5. The van der Waals surface area contributed by atoms with Crippen molar-refractivity contribution in [3.8, 4) is 11.5 Å². The van der Waals surface area contributed by atoms with Crippen LogP contribution >= 0.6 is 0 Å². The Morgan fingerprint density at radius 2 is 2.08 bits per heavy atom.